The molecule has 2 heterocycles. The Morgan fingerprint density at radius 2 is 1.70 bits per heavy atom. The number of rotatable bonds is 6. The van der Waals surface area contributed by atoms with Gasteiger partial charge in [-0.05, 0) is 23.1 Å². The number of para-hydroxylation sites is 1. The van der Waals surface area contributed by atoms with Gasteiger partial charge in [-0.3, -0.25) is 9.59 Å². The smallest absolute Gasteiger partial charge is 0.240 e. The lowest BCUT2D eigenvalue weighted by atomic mass is 10.1. The molecule has 1 N–H and O–H groups in total. The molecule has 0 saturated heterocycles. The Morgan fingerprint density at radius 3 is 2.48 bits per heavy atom. The van der Waals surface area contributed by atoms with Gasteiger partial charge >= 0.3 is 0 Å². The van der Waals surface area contributed by atoms with E-state index in [1.807, 2.05) is 76.7 Å². The van der Waals surface area contributed by atoms with E-state index in [2.05, 4.69) is 5.32 Å². The van der Waals surface area contributed by atoms with Crippen molar-refractivity contribution in [3.8, 4) is 0 Å². The van der Waals surface area contributed by atoms with E-state index in [9.17, 15) is 9.59 Å². The summed E-state index contributed by atoms with van der Waals surface area (Å²) in [5.74, 6) is -0.0978. The molecule has 0 radical (unpaired) electrons. The van der Waals surface area contributed by atoms with Crippen LogP contribution < -0.4 is 5.32 Å². The monoisotopic (exact) mass is 374 g/mol. The van der Waals surface area contributed by atoms with E-state index < -0.39 is 0 Å². The second-order valence-corrected chi connectivity index (χ2v) is 7.20. The highest BCUT2D eigenvalue weighted by molar-refractivity contribution is 7.12. The van der Waals surface area contributed by atoms with Gasteiger partial charge in [0, 0.05) is 29.2 Å². The van der Waals surface area contributed by atoms with Gasteiger partial charge in [0.15, 0.2) is 0 Å². The highest BCUT2D eigenvalue weighted by Crippen LogP contribution is 2.25. The molecule has 0 bridgehead atoms. The highest BCUT2D eigenvalue weighted by atomic mass is 32.1. The van der Waals surface area contributed by atoms with E-state index in [0.29, 0.717) is 17.0 Å². The third-order valence-electron chi connectivity index (χ3n) is 4.42. The molecule has 0 fully saturated rings. The maximum atomic E-state index is 12.8. The molecular formula is C22H18N2O2S. The molecule has 4 rings (SSSR count). The highest BCUT2D eigenvalue weighted by Gasteiger charge is 2.18. The largest absolute Gasteiger partial charge is 0.350 e. The number of thiophene rings is 1. The number of ketones is 1. The van der Waals surface area contributed by atoms with Crippen LogP contribution in [-0.2, 0) is 17.9 Å². The number of aromatic nitrogens is 1. The van der Waals surface area contributed by atoms with Gasteiger partial charge in [-0.2, -0.15) is 0 Å². The molecule has 0 aliphatic carbocycles. The van der Waals surface area contributed by atoms with Crippen LogP contribution in [0.5, 0.6) is 0 Å². The number of nitrogens with one attached hydrogen (secondary N) is 1. The number of hydrogen-bond donors (Lipinski definition) is 1. The fourth-order valence-electron chi connectivity index (χ4n) is 3.11. The van der Waals surface area contributed by atoms with E-state index in [4.69, 9.17) is 0 Å². The van der Waals surface area contributed by atoms with Crippen molar-refractivity contribution in [1.82, 2.24) is 9.88 Å². The van der Waals surface area contributed by atoms with Crippen molar-refractivity contribution in [2.24, 2.45) is 0 Å². The van der Waals surface area contributed by atoms with Gasteiger partial charge in [0.05, 0.1) is 4.88 Å². The summed E-state index contributed by atoms with van der Waals surface area (Å²) in [5, 5.41) is 5.70. The summed E-state index contributed by atoms with van der Waals surface area (Å²) in [6.07, 6.45) is 1.79. The summed E-state index contributed by atoms with van der Waals surface area (Å²) in [4.78, 5) is 26.0. The van der Waals surface area contributed by atoms with E-state index in [1.54, 1.807) is 6.20 Å². The summed E-state index contributed by atoms with van der Waals surface area (Å²) < 4.78 is 1.84. The van der Waals surface area contributed by atoms with Gasteiger partial charge in [0.1, 0.15) is 6.54 Å². The van der Waals surface area contributed by atoms with Gasteiger partial charge in [0.25, 0.3) is 0 Å². The molecular weight excluding hydrogens is 356 g/mol. The molecule has 0 aliphatic rings. The molecule has 4 aromatic rings. The van der Waals surface area contributed by atoms with E-state index >= 15 is 0 Å². The van der Waals surface area contributed by atoms with Crippen molar-refractivity contribution in [2.75, 3.05) is 0 Å². The molecule has 0 aliphatic heterocycles. The fraction of sp³-hybridized carbons (Fsp3) is 0.0909. The summed E-state index contributed by atoms with van der Waals surface area (Å²) in [5.41, 5.74) is 2.56. The van der Waals surface area contributed by atoms with Crippen molar-refractivity contribution >= 4 is 33.9 Å². The molecule has 4 nitrogen and oxygen atoms in total. The molecule has 5 heteroatoms. The van der Waals surface area contributed by atoms with E-state index in [-0.39, 0.29) is 18.2 Å². The maximum Gasteiger partial charge on any atom is 0.240 e. The first-order valence-corrected chi connectivity index (χ1v) is 9.57. The molecule has 134 valence electrons. The maximum absolute atomic E-state index is 12.8. The minimum absolute atomic E-state index is 0.00959. The Labute approximate surface area is 161 Å². The average molecular weight is 374 g/mol. The molecule has 2 aromatic heterocycles. The summed E-state index contributed by atoms with van der Waals surface area (Å²) in [6, 6.07) is 21.2. The Kier molecular flexibility index (Phi) is 4.85. The number of hydrogen-bond acceptors (Lipinski definition) is 3. The molecule has 0 saturated carbocycles. The molecule has 1 amide bonds. The average Bonchev–Trinajstić information content (AvgIpc) is 3.36. The van der Waals surface area contributed by atoms with Crippen molar-refractivity contribution < 1.29 is 9.59 Å². The molecule has 0 spiro atoms. The summed E-state index contributed by atoms with van der Waals surface area (Å²) in [7, 11) is 0. The zero-order chi connectivity index (χ0) is 18.6. The van der Waals surface area contributed by atoms with Crippen molar-refractivity contribution in [3.63, 3.8) is 0 Å². The Balaban J connectivity index is 1.57. The van der Waals surface area contributed by atoms with E-state index in [1.165, 1.54) is 11.3 Å². The number of nitrogens with zero attached hydrogens (tertiary/aromatic N) is 1. The predicted octanol–water partition coefficient (Wildman–Crippen LogP) is 4.25. The number of carbonyl (C=O) groups excluding carboxylic acids is 2. The van der Waals surface area contributed by atoms with Crippen LogP contribution in [0.1, 0.15) is 20.8 Å². The van der Waals surface area contributed by atoms with Crippen LogP contribution >= 0.6 is 11.3 Å². The third-order valence-corrected chi connectivity index (χ3v) is 5.29. The zero-order valence-corrected chi connectivity index (χ0v) is 15.4. The summed E-state index contributed by atoms with van der Waals surface area (Å²) in [6.45, 7) is 0.658. The molecule has 2 aromatic carbocycles. The first kappa shape index (κ1) is 17.2. The van der Waals surface area contributed by atoms with Crippen LogP contribution in [0.15, 0.2) is 78.3 Å². The number of carbonyl (C=O) groups is 2. The summed E-state index contributed by atoms with van der Waals surface area (Å²) >= 11 is 1.43. The number of amides is 1. The van der Waals surface area contributed by atoms with Crippen LogP contribution in [0.2, 0.25) is 0 Å². The van der Waals surface area contributed by atoms with E-state index in [0.717, 1.165) is 16.5 Å². The molecule has 0 atom stereocenters. The van der Waals surface area contributed by atoms with Crippen LogP contribution in [0.25, 0.3) is 10.9 Å². The van der Waals surface area contributed by atoms with Gasteiger partial charge in [-0.25, -0.2) is 0 Å². The quantitative estimate of drug-likeness (QED) is 0.513. The first-order chi connectivity index (χ1) is 13.2. The van der Waals surface area contributed by atoms with Crippen molar-refractivity contribution in [1.29, 1.82) is 0 Å². The van der Waals surface area contributed by atoms with Gasteiger partial charge in [0.2, 0.25) is 11.7 Å². The zero-order valence-electron chi connectivity index (χ0n) is 14.6. The molecule has 0 unspecified atom stereocenters. The van der Waals surface area contributed by atoms with Crippen LogP contribution in [0.3, 0.4) is 0 Å². The van der Waals surface area contributed by atoms with Crippen LogP contribution in [0.4, 0.5) is 0 Å². The fourth-order valence-corrected chi connectivity index (χ4v) is 3.78. The topological polar surface area (TPSA) is 51.1 Å². The standard InChI is InChI=1S/C22H18N2O2S/c25-21(23-13-16-7-2-1-3-8-16)15-24-14-18(17-9-4-5-10-19(17)24)22(26)20-11-6-12-27-20/h1-12,14H,13,15H2,(H,23,25). The Hall–Kier alpha value is -3.18. The third kappa shape index (κ3) is 3.68. The molecule has 27 heavy (non-hydrogen) atoms. The minimum atomic E-state index is -0.0882. The van der Waals surface area contributed by atoms with Gasteiger partial charge in [-0.1, -0.05) is 54.6 Å². The van der Waals surface area contributed by atoms with Crippen molar-refractivity contribution in [3.05, 3.63) is 94.3 Å². The first-order valence-electron chi connectivity index (χ1n) is 8.69. The minimum Gasteiger partial charge on any atom is -0.350 e. The lowest BCUT2D eigenvalue weighted by molar-refractivity contribution is -0.121. The second kappa shape index (κ2) is 7.60. The Bertz CT molecular complexity index is 1080. The number of fused-ring (bicyclic) bond motifs is 1. The normalized spacial score (nSPS) is 10.8. The number of benzene rings is 2. The lowest BCUT2D eigenvalue weighted by Gasteiger charge is -2.07. The second-order valence-electron chi connectivity index (χ2n) is 6.26. The van der Waals surface area contributed by atoms with Crippen molar-refractivity contribution in [2.45, 2.75) is 13.1 Å². The predicted molar refractivity (Wildman–Crippen MR) is 108 cm³/mol. The van der Waals surface area contributed by atoms with Gasteiger partial charge < -0.3 is 9.88 Å². The Morgan fingerprint density at radius 1 is 0.926 bits per heavy atom. The SMILES string of the molecule is O=C(Cn1cc(C(=O)c2cccs2)c2ccccc21)NCc1ccccc1. The van der Waals surface area contributed by atoms with Crippen LogP contribution in [0, 0.1) is 0 Å². The van der Waals surface area contributed by atoms with Gasteiger partial charge in [-0.15, -0.1) is 11.3 Å². The van der Waals surface area contributed by atoms with Crippen LogP contribution in [-0.4, -0.2) is 16.3 Å². The lowest BCUT2D eigenvalue weighted by Crippen LogP contribution is -2.26.